The fraction of sp³-hybridized carbons (Fsp3) is 0.462. The van der Waals surface area contributed by atoms with E-state index in [1.807, 2.05) is 20.8 Å². The number of nitrogens with zero attached hydrogens (tertiary/aromatic N) is 1. The van der Waals surface area contributed by atoms with Gasteiger partial charge in [-0.25, -0.2) is 0 Å². The van der Waals surface area contributed by atoms with Gasteiger partial charge in [-0.3, -0.25) is 20.4 Å². The zero-order valence-electron chi connectivity index (χ0n) is 12.2. The Morgan fingerprint density at radius 1 is 1.35 bits per heavy atom. The van der Waals surface area contributed by atoms with Gasteiger partial charge in [0, 0.05) is 11.7 Å². The Balaban J connectivity index is 2.73. The second kappa shape index (κ2) is 6.33. The summed E-state index contributed by atoms with van der Waals surface area (Å²) in [5, 5.41) is 5.42. The summed E-state index contributed by atoms with van der Waals surface area (Å²) in [4.78, 5) is 27.9. The summed E-state index contributed by atoms with van der Waals surface area (Å²) >= 11 is 0. The fourth-order valence-corrected chi connectivity index (χ4v) is 1.53. The lowest BCUT2D eigenvalue weighted by Gasteiger charge is -2.23. The number of nitrogens with two attached hydrogens (primary N) is 1. The number of carbonyl (C=O) groups excluding carboxylic acids is 2. The number of aromatic nitrogens is 1. The number of rotatable bonds is 4. The van der Waals surface area contributed by atoms with Crippen molar-refractivity contribution >= 4 is 17.5 Å². The molecule has 0 spiro atoms. The maximum Gasteiger partial charge on any atom is 0.254 e. The van der Waals surface area contributed by atoms with Gasteiger partial charge in [-0.2, -0.15) is 0 Å². The Bertz CT molecular complexity index is 496. The van der Waals surface area contributed by atoms with Crippen molar-refractivity contribution in [2.24, 2.45) is 5.84 Å². The number of hydrazine groups is 1. The van der Waals surface area contributed by atoms with Gasteiger partial charge < -0.3 is 16.1 Å². The minimum atomic E-state index is -0.652. The standard InChI is InChI=1S/C13H21N5O2/c1-8(11(19)17-13(2,3)4)16-12(20)9-5-6-15-7-10(9)18-14/h5-8,18H,14H2,1-4H3,(H,16,20)(H,17,19). The third-order valence-corrected chi connectivity index (χ3v) is 2.46. The van der Waals surface area contributed by atoms with Gasteiger partial charge >= 0.3 is 0 Å². The molecule has 7 nitrogen and oxygen atoms in total. The number of carbonyl (C=O) groups is 2. The summed E-state index contributed by atoms with van der Waals surface area (Å²) in [5.74, 6) is 4.67. The smallest absolute Gasteiger partial charge is 0.254 e. The molecule has 0 aliphatic carbocycles. The summed E-state index contributed by atoms with van der Waals surface area (Å²) in [6.45, 7) is 7.24. The number of nitrogens with one attached hydrogen (secondary N) is 3. The third-order valence-electron chi connectivity index (χ3n) is 2.46. The highest BCUT2D eigenvalue weighted by Gasteiger charge is 2.22. The van der Waals surface area contributed by atoms with E-state index in [1.54, 1.807) is 6.92 Å². The molecular formula is C13H21N5O2. The Kier molecular flexibility index (Phi) is 5.04. The molecule has 0 aliphatic heterocycles. The van der Waals surface area contributed by atoms with Gasteiger partial charge in [0.2, 0.25) is 5.91 Å². The molecule has 5 N–H and O–H groups in total. The first-order valence-electron chi connectivity index (χ1n) is 6.28. The van der Waals surface area contributed by atoms with Crippen LogP contribution in [-0.4, -0.2) is 28.4 Å². The molecule has 1 atom stereocenters. The van der Waals surface area contributed by atoms with Crippen LogP contribution in [0.5, 0.6) is 0 Å². The van der Waals surface area contributed by atoms with E-state index in [0.29, 0.717) is 11.3 Å². The molecule has 2 amide bonds. The van der Waals surface area contributed by atoms with Crippen LogP contribution in [-0.2, 0) is 4.79 Å². The quantitative estimate of drug-likeness (QED) is 0.471. The molecule has 0 saturated heterocycles. The van der Waals surface area contributed by atoms with E-state index in [9.17, 15) is 9.59 Å². The van der Waals surface area contributed by atoms with Crippen molar-refractivity contribution in [3.63, 3.8) is 0 Å². The summed E-state index contributed by atoms with van der Waals surface area (Å²) in [6, 6.07) is 0.874. The second-order valence-electron chi connectivity index (χ2n) is 5.50. The molecule has 1 unspecified atom stereocenters. The molecule has 0 aliphatic rings. The number of hydrogen-bond acceptors (Lipinski definition) is 5. The highest BCUT2D eigenvalue weighted by molar-refractivity contribution is 6.01. The second-order valence-corrected chi connectivity index (χ2v) is 5.50. The summed E-state index contributed by atoms with van der Waals surface area (Å²) in [5.41, 5.74) is 2.77. The van der Waals surface area contributed by atoms with E-state index in [-0.39, 0.29) is 11.4 Å². The van der Waals surface area contributed by atoms with Crippen LogP contribution >= 0.6 is 0 Å². The van der Waals surface area contributed by atoms with Crippen LogP contribution in [0.15, 0.2) is 18.5 Å². The lowest BCUT2D eigenvalue weighted by molar-refractivity contribution is -0.124. The van der Waals surface area contributed by atoms with Crippen LogP contribution in [0.1, 0.15) is 38.1 Å². The largest absolute Gasteiger partial charge is 0.350 e. The number of nitrogen functional groups attached to an aromatic ring is 1. The van der Waals surface area contributed by atoms with E-state index < -0.39 is 11.9 Å². The Labute approximate surface area is 118 Å². The van der Waals surface area contributed by atoms with Gasteiger partial charge in [0.15, 0.2) is 0 Å². The SMILES string of the molecule is CC(NC(=O)c1ccncc1NN)C(=O)NC(C)(C)C. The first-order chi connectivity index (χ1) is 9.24. The summed E-state index contributed by atoms with van der Waals surface area (Å²) in [6.07, 6.45) is 2.92. The van der Waals surface area contributed by atoms with Gasteiger partial charge in [-0.1, -0.05) is 0 Å². The van der Waals surface area contributed by atoms with Crippen molar-refractivity contribution < 1.29 is 9.59 Å². The average Bonchev–Trinajstić information content (AvgIpc) is 2.36. The molecule has 0 aromatic carbocycles. The molecule has 110 valence electrons. The van der Waals surface area contributed by atoms with Crippen LogP contribution in [0.2, 0.25) is 0 Å². The predicted octanol–water partition coefficient (Wildman–Crippen LogP) is 0.400. The third kappa shape index (κ3) is 4.51. The summed E-state index contributed by atoms with van der Waals surface area (Å²) < 4.78 is 0. The van der Waals surface area contributed by atoms with Gasteiger partial charge in [0.1, 0.15) is 6.04 Å². The van der Waals surface area contributed by atoms with Crippen molar-refractivity contribution in [1.29, 1.82) is 0 Å². The number of pyridine rings is 1. The molecule has 0 bridgehead atoms. The fourth-order valence-electron chi connectivity index (χ4n) is 1.53. The highest BCUT2D eigenvalue weighted by Crippen LogP contribution is 2.11. The molecule has 1 rings (SSSR count). The van der Waals surface area contributed by atoms with Crippen molar-refractivity contribution in [3.05, 3.63) is 24.0 Å². The molecule has 1 aromatic heterocycles. The molecule has 0 fully saturated rings. The van der Waals surface area contributed by atoms with Crippen LogP contribution in [0, 0.1) is 0 Å². The molecular weight excluding hydrogens is 258 g/mol. The minimum absolute atomic E-state index is 0.248. The van der Waals surface area contributed by atoms with Crippen LogP contribution in [0.25, 0.3) is 0 Å². The molecule has 0 saturated carbocycles. The normalized spacial score (nSPS) is 12.4. The molecule has 20 heavy (non-hydrogen) atoms. The van der Waals surface area contributed by atoms with Gasteiger partial charge in [-0.15, -0.1) is 0 Å². The molecule has 0 radical (unpaired) electrons. The van der Waals surface area contributed by atoms with Crippen molar-refractivity contribution in [1.82, 2.24) is 15.6 Å². The average molecular weight is 279 g/mol. The van der Waals surface area contributed by atoms with Crippen LogP contribution in [0.4, 0.5) is 5.69 Å². The maximum atomic E-state index is 12.1. The van der Waals surface area contributed by atoms with Gasteiger partial charge in [-0.05, 0) is 33.8 Å². The van der Waals surface area contributed by atoms with Crippen molar-refractivity contribution in [3.8, 4) is 0 Å². The Hall–Kier alpha value is -2.15. The van der Waals surface area contributed by atoms with Gasteiger partial charge in [0.25, 0.3) is 5.91 Å². The topological polar surface area (TPSA) is 109 Å². The minimum Gasteiger partial charge on any atom is -0.350 e. The van der Waals surface area contributed by atoms with E-state index in [4.69, 9.17) is 5.84 Å². The van der Waals surface area contributed by atoms with Crippen molar-refractivity contribution in [2.75, 3.05) is 5.43 Å². The molecule has 1 aromatic rings. The molecule has 1 heterocycles. The van der Waals surface area contributed by atoms with Crippen LogP contribution < -0.4 is 21.9 Å². The first-order valence-corrected chi connectivity index (χ1v) is 6.28. The van der Waals surface area contributed by atoms with E-state index >= 15 is 0 Å². The lowest BCUT2D eigenvalue weighted by Crippen LogP contribution is -2.50. The predicted molar refractivity (Wildman–Crippen MR) is 76.9 cm³/mol. The Morgan fingerprint density at radius 3 is 2.55 bits per heavy atom. The van der Waals surface area contributed by atoms with Gasteiger partial charge in [0.05, 0.1) is 17.4 Å². The highest BCUT2D eigenvalue weighted by atomic mass is 16.2. The first kappa shape index (κ1) is 15.9. The summed E-state index contributed by atoms with van der Waals surface area (Å²) in [7, 11) is 0. The number of amides is 2. The molecule has 7 heteroatoms. The van der Waals surface area contributed by atoms with E-state index in [0.717, 1.165) is 0 Å². The van der Waals surface area contributed by atoms with Crippen LogP contribution in [0.3, 0.4) is 0 Å². The Morgan fingerprint density at radius 2 is 2.00 bits per heavy atom. The zero-order valence-corrected chi connectivity index (χ0v) is 12.2. The monoisotopic (exact) mass is 279 g/mol. The van der Waals surface area contributed by atoms with Crippen molar-refractivity contribution in [2.45, 2.75) is 39.3 Å². The van der Waals surface area contributed by atoms with E-state index in [2.05, 4.69) is 21.0 Å². The number of hydrogen-bond donors (Lipinski definition) is 4. The lowest BCUT2D eigenvalue weighted by atomic mass is 10.1. The van der Waals surface area contributed by atoms with E-state index in [1.165, 1.54) is 18.5 Å². The maximum absolute atomic E-state index is 12.1. The zero-order chi connectivity index (χ0) is 15.3. The number of anilines is 1.